The number of alkyl halides is 2. The van der Waals surface area contributed by atoms with Gasteiger partial charge in [0.25, 0.3) is 12.3 Å². The molecule has 1 aromatic carbocycles. The molecule has 0 radical (unpaired) electrons. The van der Waals surface area contributed by atoms with E-state index in [2.05, 4.69) is 45.2 Å². The Balaban J connectivity index is 1.16. The van der Waals surface area contributed by atoms with Crippen molar-refractivity contribution in [2.75, 3.05) is 11.9 Å². The van der Waals surface area contributed by atoms with E-state index in [1.807, 2.05) is 31.3 Å². The number of rotatable bonds is 15. The Kier molecular flexibility index (Phi) is 10.4. The van der Waals surface area contributed by atoms with Crippen LogP contribution in [0.5, 0.6) is 0 Å². The van der Waals surface area contributed by atoms with Crippen LogP contribution in [-0.4, -0.2) is 67.5 Å². The highest BCUT2D eigenvalue weighted by molar-refractivity contribution is 6.76. The molecule has 5 rings (SSSR count). The predicted octanol–water partition coefficient (Wildman–Crippen LogP) is 5.34. The summed E-state index contributed by atoms with van der Waals surface area (Å²) in [7, 11) is -1.13. The van der Waals surface area contributed by atoms with Gasteiger partial charge in [-0.1, -0.05) is 36.9 Å². The number of anilines is 1. The lowest BCUT2D eigenvalue weighted by Crippen LogP contribution is -2.22. The van der Waals surface area contributed by atoms with Crippen LogP contribution in [0.15, 0.2) is 59.5 Å². The zero-order chi connectivity index (χ0) is 32.8. The van der Waals surface area contributed by atoms with Crippen molar-refractivity contribution >= 4 is 25.3 Å². The number of aliphatic hydroxyl groups excluding tert-OH is 1. The molecule has 1 atom stereocenters. The van der Waals surface area contributed by atoms with Crippen LogP contribution < -0.4 is 5.32 Å². The molecule has 0 bridgehead atoms. The molecule has 0 aliphatic rings. The molecule has 4 aromatic heterocycles. The van der Waals surface area contributed by atoms with Crippen molar-refractivity contribution in [2.24, 2.45) is 0 Å². The van der Waals surface area contributed by atoms with Gasteiger partial charge in [0.2, 0.25) is 11.7 Å². The topological polar surface area (TPSA) is 142 Å². The Hall–Kier alpha value is -4.31. The lowest BCUT2D eigenvalue weighted by Gasteiger charge is -2.15. The lowest BCUT2D eigenvalue weighted by atomic mass is 10.1. The molecular formula is C31H37F2N7O5Si. The summed E-state index contributed by atoms with van der Waals surface area (Å²) in [5, 5.41) is 20.6. The average molecular weight is 654 g/mol. The number of benzene rings is 1. The number of amides is 1. The molecule has 15 heteroatoms. The molecule has 0 aliphatic carbocycles. The fourth-order valence-electron chi connectivity index (χ4n) is 4.45. The summed E-state index contributed by atoms with van der Waals surface area (Å²) in [4.78, 5) is 21.8. The Morgan fingerprint density at radius 1 is 1.11 bits per heavy atom. The predicted molar refractivity (Wildman–Crippen MR) is 168 cm³/mol. The minimum Gasteiger partial charge on any atom is -0.387 e. The first-order chi connectivity index (χ1) is 21.9. The molecule has 244 valence electrons. The number of aryl methyl sites for hydroxylation is 1. The first kappa shape index (κ1) is 33.1. The largest absolute Gasteiger partial charge is 0.387 e. The van der Waals surface area contributed by atoms with Gasteiger partial charge in [-0.3, -0.25) is 9.20 Å². The number of aromatic nitrogens is 6. The van der Waals surface area contributed by atoms with Crippen LogP contribution >= 0.6 is 0 Å². The van der Waals surface area contributed by atoms with Gasteiger partial charge < -0.3 is 24.4 Å². The van der Waals surface area contributed by atoms with E-state index in [1.165, 1.54) is 6.20 Å². The van der Waals surface area contributed by atoms with E-state index in [0.29, 0.717) is 42.5 Å². The molecule has 5 aromatic rings. The number of hydrogen-bond donors (Lipinski definition) is 2. The number of fused-ring (bicyclic) bond motifs is 1. The van der Waals surface area contributed by atoms with E-state index in [0.717, 1.165) is 29.5 Å². The van der Waals surface area contributed by atoms with E-state index in [9.17, 15) is 18.7 Å². The van der Waals surface area contributed by atoms with E-state index in [1.54, 1.807) is 33.5 Å². The van der Waals surface area contributed by atoms with Crippen LogP contribution in [0.2, 0.25) is 25.7 Å². The fraction of sp³-hybridized carbons (Fsp3) is 0.387. The maximum absolute atomic E-state index is 13.3. The number of aliphatic hydroxyl groups is 1. The highest BCUT2D eigenvalue weighted by Gasteiger charge is 2.22. The van der Waals surface area contributed by atoms with Crippen molar-refractivity contribution in [1.29, 1.82) is 0 Å². The second-order valence-electron chi connectivity index (χ2n) is 12.2. The summed E-state index contributed by atoms with van der Waals surface area (Å²) in [5.41, 5.74) is 4.39. The fourth-order valence-corrected chi connectivity index (χ4v) is 5.20. The number of imidazole rings is 1. The van der Waals surface area contributed by atoms with Gasteiger partial charge in [0, 0.05) is 38.3 Å². The van der Waals surface area contributed by atoms with Crippen molar-refractivity contribution in [1.82, 2.24) is 29.3 Å². The van der Waals surface area contributed by atoms with Crippen molar-refractivity contribution in [3.63, 3.8) is 0 Å². The third kappa shape index (κ3) is 8.69. The zero-order valence-electron chi connectivity index (χ0n) is 26.1. The van der Waals surface area contributed by atoms with Gasteiger partial charge in [0.15, 0.2) is 0 Å². The standard InChI is InChI=1S/C31H37F2N7O5Si/c1-20-5-6-22(30-36-28(45-38-30)15-26(41)29(32)33)14-24(20)35-31(42)25-16-34-27-13-21(7-10-40(25)27)17-44-18-23-8-9-39(37-23)19-43-11-12-46(2,3)4/h5-10,13-14,16,26,29,41H,11-12,15,17-19H2,1-4H3,(H,35,42)/t26-/m0/s1. The normalized spacial score (nSPS) is 12.7. The average Bonchev–Trinajstić information content (AvgIpc) is 3.76. The van der Waals surface area contributed by atoms with Gasteiger partial charge in [-0.2, -0.15) is 10.1 Å². The van der Waals surface area contributed by atoms with Gasteiger partial charge in [-0.15, -0.1) is 0 Å². The van der Waals surface area contributed by atoms with Gasteiger partial charge in [0.1, 0.15) is 24.2 Å². The number of carbonyl (C=O) groups excluding carboxylic acids is 1. The molecule has 46 heavy (non-hydrogen) atoms. The Morgan fingerprint density at radius 3 is 2.72 bits per heavy atom. The van der Waals surface area contributed by atoms with E-state index >= 15 is 0 Å². The summed E-state index contributed by atoms with van der Waals surface area (Å²) in [6.07, 6.45) is -0.162. The molecule has 4 heterocycles. The van der Waals surface area contributed by atoms with Crippen molar-refractivity contribution in [3.05, 3.63) is 83.4 Å². The Labute approximate surface area is 265 Å². The molecule has 0 fully saturated rings. The molecule has 12 nitrogen and oxygen atoms in total. The third-order valence-electron chi connectivity index (χ3n) is 7.13. The van der Waals surface area contributed by atoms with Crippen molar-refractivity contribution in [3.8, 4) is 11.4 Å². The molecule has 1 amide bonds. The number of pyridine rings is 1. The van der Waals surface area contributed by atoms with Crippen LogP contribution in [0.3, 0.4) is 0 Å². The van der Waals surface area contributed by atoms with Crippen LogP contribution in [0.25, 0.3) is 17.0 Å². The van der Waals surface area contributed by atoms with Crippen LogP contribution in [0, 0.1) is 6.92 Å². The maximum Gasteiger partial charge on any atom is 0.274 e. The summed E-state index contributed by atoms with van der Waals surface area (Å²) >= 11 is 0. The van der Waals surface area contributed by atoms with Gasteiger partial charge in [0.05, 0.1) is 31.5 Å². The first-order valence-corrected chi connectivity index (χ1v) is 18.5. The molecule has 0 unspecified atom stereocenters. The first-order valence-electron chi connectivity index (χ1n) is 14.8. The smallest absolute Gasteiger partial charge is 0.274 e. The van der Waals surface area contributed by atoms with Gasteiger partial charge >= 0.3 is 0 Å². The van der Waals surface area contributed by atoms with E-state index in [4.69, 9.17) is 14.0 Å². The number of nitrogens with zero attached hydrogens (tertiary/aromatic N) is 6. The SMILES string of the molecule is Cc1ccc(-c2noc(C[C@H](O)C(F)F)n2)cc1NC(=O)c1cnc2cc(COCc3ccn(COCC[Si](C)(C)C)n3)ccn12. The highest BCUT2D eigenvalue weighted by Crippen LogP contribution is 2.25. The highest BCUT2D eigenvalue weighted by atomic mass is 28.3. The number of carbonyl (C=O) groups is 1. The quantitative estimate of drug-likeness (QED) is 0.113. The van der Waals surface area contributed by atoms with Crippen LogP contribution in [-0.2, 0) is 35.8 Å². The van der Waals surface area contributed by atoms with Crippen molar-refractivity contribution < 1.29 is 32.7 Å². The summed E-state index contributed by atoms with van der Waals surface area (Å²) in [5.74, 6) is -0.355. The molecule has 0 spiro atoms. The van der Waals surface area contributed by atoms with E-state index in [-0.39, 0.29) is 17.6 Å². The van der Waals surface area contributed by atoms with Crippen LogP contribution in [0.4, 0.5) is 14.5 Å². The summed E-state index contributed by atoms with van der Waals surface area (Å²) < 4.78 is 45.4. The van der Waals surface area contributed by atoms with Crippen molar-refractivity contribution in [2.45, 2.75) is 71.5 Å². The lowest BCUT2D eigenvalue weighted by molar-refractivity contribution is -0.00754. The number of ether oxygens (including phenoxy) is 2. The van der Waals surface area contributed by atoms with Gasteiger partial charge in [-0.05, 0) is 48.4 Å². The molecular weight excluding hydrogens is 616 g/mol. The minimum absolute atomic E-state index is 0.117. The Morgan fingerprint density at radius 2 is 1.93 bits per heavy atom. The van der Waals surface area contributed by atoms with Crippen LogP contribution in [0.1, 0.15) is 33.2 Å². The molecule has 0 saturated heterocycles. The zero-order valence-corrected chi connectivity index (χ0v) is 27.1. The number of halogens is 2. The number of hydrogen-bond acceptors (Lipinski definition) is 9. The molecule has 0 aliphatic heterocycles. The van der Waals surface area contributed by atoms with E-state index < -0.39 is 27.0 Å². The molecule has 2 N–H and O–H groups in total. The number of nitrogens with one attached hydrogen (secondary N) is 1. The van der Waals surface area contributed by atoms with Gasteiger partial charge in [-0.25, -0.2) is 18.4 Å². The Bertz CT molecular complexity index is 1780. The summed E-state index contributed by atoms with van der Waals surface area (Å²) in [6.45, 7) is 10.6. The molecule has 0 saturated carbocycles. The second kappa shape index (κ2) is 14.4. The summed E-state index contributed by atoms with van der Waals surface area (Å²) in [6, 6.07) is 11.9. The minimum atomic E-state index is -2.92. The second-order valence-corrected chi connectivity index (χ2v) is 17.8. The third-order valence-corrected chi connectivity index (χ3v) is 8.84. The maximum atomic E-state index is 13.3. The monoisotopic (exact) mass is 653 g/mol.